The number of sulfonamides is 1. The maximum atomic E-state index is 12.7. The molecule has 35 heavy (non-hydrogen) atoms. The van der Waals surface area contributed by atoms with Crippen LogP contribution in [0.25, 0.3) is 0 Å². The molecule has 0 saturated carbocycles. The monoisotopic (exact) mass is 491 g/mol. The third kappa shape index (κ3) is 6.71. The number of rotatable bonds is 8. The number of likely N-dealkylation sites (tertiary alicyclic amines) is 1. The molecule has 184 valence electrons. The molecule has 1 unspecified atom stereocenters. The van der Waals surface area contributed by atoms with E-state index in [0.717, 1.165) is 43.6 Å². The standard InChI is InChI=1S/C28H33N3O3S/c1-21-10-15-27(17-22(21)2)35(33,34)30-26-13-11-25(12-14-26)28(32)29-18-24-9-6-16-31(20-24)19-23-7-4-3-5-8-23/h3-5,7-8,10-15,17,24,30H,6,9,16,18-20H2,1-2H3,(H,29,32). The van der Waals surface area contributed by atoms with Crippen molar-refractivity contribution < 1.29 is 13.2 Å². The van der Waals surface area contributed by atoms with Crippen molar-refractivity contribution in [3.05, 3.63) is 95.1 Å². The van der Waals surface area contributed by atoms with Gasteiger partial charge < -0.3 is 5.32 Å². The molecule has 4 rings (SSSR count). The number of hydrogen-bond acceptors (Lipinski definition) is 4. The van der Waals surface area contributed by atoms with Gasteiger partial charge in [-0.3, -0.25) is 14.4 Å². The largest absolute Gasteiger partial charge is 0.352 e. The molecule has 6 nitrogen and oxygen atoms in total. The molecular formula is C28H33N3O3S. The molecule has 0 bridgehead atoms. The van der Waals surface area contributed by atoms with Gasteiger partial charge in [0.25, 0.3) is 15.9 Å². The highest BCUT2D eigenvalue weighted by Crippen LogP contribution is 2.20. The van der Waals surface area contributed by atoms with E-state index in [-0.39, 0.29) is 10.8 Å². The summed E-state index contributed by atoms with van der Waals surface area (Å²) >= 11 is 0. The molecule has 1 amide bonds. The summed E-state index contributed by atoms with van der Waals surface area (Å²) in [6.45, 7) is 7.44. The minimum Gasteiger partial charge on any atom is -0.352 e. The van der Waals surface area contributed by atoms with Crippen molar-refractivity contribution in [2.75, 3.05) is 24.4 Å². The smallest absolute Gasteiger partial charge is 0.261 e. The van der Waals surface area contributed by atoms with E-state index in [0.29, 0.717) is 23.7 Å². The van der Waals surface area contributed by atoms with Gasteiger partial charge in [0, 0.05) is 30.9 Å². The second kappa shape index (κ2) is 11.1. The van der Waals surface area contributed by atoms with Crippen molar-refractivity contribution in [1.29, 1.82) is 0 Å². The lowest BCUT2D eigenvalue weighted by Crippen LogP contribution is -2.40. The summed E-state index contributed by atoms with van der Waals surface area (Å²) < 4.78 is 28.0. The number of aryl methyl sites for hydroxylation is 2. The van der Waals surface area contributed by atoms with Crippen molar-refractivity contribution >= 4 is 21.6 Å². The van der Waals surface area contributed by atoms with Gasteiger partial charge in [-0.05, 0) is 92.2 Å². The summed E-state index contributed by atoms with van der Waals surface area (Å²) in [5.41, 5.74) is 4.20. The Balaban J connectivity index is 1.29. The van der Waals surface area contributed by atoms with Gasteiger partial charge in [-0.25, -0.2) is 8.42 Å². The number of carbonyl (C=O) groups is 1. The molecule has 1 atom stereocenters. The predicted molar refractivity (Wildman–Crippen MR) is 140 cm³/mol. The van der Waals surface area contributed by atoms with E-state index in [4.69, 9.17) is 0 Å². The van der Waals surface area contributed by atoms with Crippen LogP contribution in [0.2, 0.25) is 0 Å². The number of carbonyl (C=O) groups excluding carboxylic acids is 1. The first-order chi connectivity index (χ1) is 16.8. The maximum Gasteiger partial charge on any atom is 0.261 e. The topological polar surface area (TPSA) is 78.5 Å². The van der Waals surface area contributed by atoms with E-state index < -0.39 is 10.0 Å². The molecule has 0 radical (unpaired) electrons. The Morgan fingerprint density at radius 3 is 2.43 bits per heavy atom. The molecule has 1 heterocycles. The molecule has 1 aliphatic heterocycles. The van der Waals surface area contributed by atoms with E-state index in [1.54, 1.807) is 42.5 Å². The molecule has 0 aliphatic carbocycles. The molecule has 0 spiro atoms. The maximum absolute atomic E-state index is 12.7. The lowest BCUT2D eigenvalue weighted by molar-refractivity contribution is 0.0930. The average molecular weight is 492 g/mol. The van der Waals surface area contributed by atoms with Crippen LogP contribution in [0.5, 0.6) is 0 Å². The Morgan fingerprint density at radius 1 is 0.971 bits per heavy atom. The van der Waals surface area contributed by atoms with Crippen LogP contribution in [0.15, 0.2) is 77.7 Å². The van der Waals surface area contributed by atoms with E-state index in [1.165, 1.54) is 5.56 Å². The highest BCUT2D eigenvalue weighted by molar-refractivity contribution is 7.92. The molecule has 3 aromatic carbocycles. The van der Waals surface area contributed by atoms with Gasteiger partial charge in [-0.2, -0.15) is 0 Å². The number of nitrogens with one attached hydrogen (secondary N) is 2. The van der Waals surface area contributed by atoms with Crippen LogP contribution in [0.3, 0.4) is 0 Å². The molecule has 1 aliphatic rings. The third-order valence-electron chi connectivity index (χ3n) is 6.59. The van der Waals surface area contributed by atoms with Gasteiger partial charge in [0.2, 0.25) is 0 Å². The molecule has 0 aromatic heterocycles. The predicted octanol–water partition coefficient (Wildman–Crippen LogP) is 4.75. The van der Waals surface area contributed by atoms with Crippen molar-refractivity contribution in [1.82, 2.24) is 10.2 Å². The Morgan fingerprint density at radius 2 is 1.71 bits per heavy atom. The second-order valence-corrected chi connectivity index (χ2v) is 11.1. The summed E-state index contributed by atoms with van der Waals surface area (Å²) in [6.07, 6.45) is 2.23. The van der Waals surface area contributed by atoms with Gasteiger partial charge in [0.05, 0.1) is 4.90 Å². The Bertz CT molecular complexity index is 1260. The zero-order chi connectivity index (χ0) is 24.8. The molecular weight excluding hydrogens is 458 g/mol. The highest BCUT2D eigenvalue weighted by Gasteiger charge is 2.21. The zero-order valence-electron chi connectivity index (χ0n) is 20.3. The van der Waals surface area contributed by atoms with Gasteiger partial charge in [0.1, 0.15) is 0 Å². The molecule has 3 aromatic rings. The van der Waals surface area contributed by atoms with Crippen LogP contribution in [0.4, 0.5) is 5.69 Å². The Hall–Kier alpha value is -3.16. The number of anilines is 1. The van der Waals surface area contributed by atoms with E-state index >= 15 is 0 Å². The summed E-state index contributed by atoms with van der Waals surface area (Å²) in [4.78, 5) is 15.4. The van der Waals surface area contributed by atoms with Crippen LogP contribution in [0, 0.1) is 19.8 Å². The normalized spacial score (nSPS) is 16.6. The van der Waals surface area contributed by atoms with Crippen molar-refractivity contribution in [3.8, 4) is 0 Å². The average Bonchev–Trinajstić information content (AvgIpc) is 2.85. The molecule has 1 saturated heterocycles. The quantitative estimate of drug-likeness (QED) is 0.477. The number of nitrogens with zero attached hydrogens (tertiary/aromatic N) is 1. The van der Waals surface area contributed by atoms with E-state index in [2.05, 4.69) is 39.2 Å². The number of benzene rings is 3. The zero-order valence-corrected chi connectivity index (χ0v) is 21.1. The Labute approximate surface area is 208 Å². The summed E-state index contributed by atoms with van der Waals surface area (Å²) in [5.74, 6) is 0.272. The summed E-state index contributed by atoms with van der Waals surface area (Å²) in [6, 6.07) is 22.1. The fraction of sp³-hybridized carbons (Fsp3) is 0.321. The van der Waals surface area contributed by atoms with Gasteiger partial charge >= 0.3 is 0 Å². The van der Waals surface area contributed by atoms with Gasteiger partial charge in [0.15, 0.2) is 0 Å². The van der Waals surface area contributed by atoms with Crippen LogP contribution in [0.1, 0.15) is 39.9 Å². The minimum absolute atomic E-state index is 0.145. The third-order valence-corrected chi connectivity index (χ3v) is 7.97. The molecule has 1 fully saturated rings. The molecule has 7 heteroatoms. The Kier molecular flexibility index (Phi) is 7.88. The first-order valence-corrected chi connectivity index (χ1v) is 13.5. The van der Waals surface area contributed by atoms with E-state index in [1.807, 2.05) is 19.9 Å². The number of piperidine rings is 1. The van der Waals surface area contributed by atoms with Crippen molar-refractivity contribution in [2.24, 2.45) is 5.92 Å². The minimum atomic E-state index is -3.69. The van der Waals surface area contributed by atoms with Crippen LogP contribution < -0.4 is 10.0 Å². The summed E-state index contributed by atoms with van der Waals surface area (Å²) in [7, 11) is -3.69. The first kappa shape index (κ1) is 24.9. The van der Waals surface area contributed by atoms with Crippen molar-refractivity contribution in [3.63, 3.8) is 0 Å². The van der Waals surface area contributed by atoms with Crippen LogP contribution in [-0.4, -0.2) is 38.9 Å². The van der Waals surface area contributed by atoms with Gasteiger partial charge in [-0.1, -0.05) is 36.4 Å². The summed E-state index contributed by atoms with van der Waals surface area (Å²) in [5, 5.41) is 3.05. The SMILES string of the molecule is Cc1ccc(S(=O)(=O)Nc2ccc(C(=O)NCC3CCCN(Cc4ccccc4)C3)cc2)cc1C. The fourth-order valence-electron chi connectivity index (χ4n) is 4.43. The van der Waals surface area contributed by atoms with E-state index in [9.17, 15) is 13.2 Å². The van der Waals surface area contributed by atoms with Crippen LogP contribution in [-0.2, 0) is 16.6 Å². The second-order valence-electron chi connectivity index (χ2n) is 9.37. The number of amides is 1. The lowest BCUT2D eigenvalue weighted by atomic mass is 9.97. The highest BCUT2D eigenvalue weighted by atomic mass is 32.2. The molecule has 2 N–H and O–H groups in total. The fourth-order valence-corrected chi connectivity index (χ4v) is 5.57. The van der Waals surface area contributed by atoms with Crippen molar-refractivity contribution in [2.45, 2.75) is 38.1 Å². The lowest BCUT2D eigenvalue weighted by Gasteiger charge is -2.32. The van der Waals surface area contributed by atoms with Crippen LogP contribution >= 0.6 is 0 Å². The first-order valence-electron chi connectivity index (χ1n) is 12.0. The number of hydrogen-bond donors (Lipinski definition) is 2. The van der Waals surface area contributed by atoms with Gasteiger partial charge in [-0.15, -0.1) is 0 Å².